The van der Waals surface area contributed by atoms with Crippen molar-refractivity contribution >= 4 is 5.52 Å². The summed E-state index contributed by atoms with van der Waals surface area (Å²) in [5.74, 6) is 1.84. The van der Waals surface area contributed by atoms with E-state index in [0.29, 0.717) is 0 Å². The molecule has 5 rings (SSSR count). The molecule has 1 aromatic carbocycles. The van der Waals surface area contributed by atoms with Crippen molar-refractivity contribution in [1.82, 2.24) is 24.6 Å². The van der Waals surface area contributed by atoms with Crippen molar-refractivity contribution in [2.24, 2.45) is 0 Å². The lowest BCUT2D eigenvalue weighted by Gasteiger charge is -2.38. The van der Waals surface area contributed by atoms with Crippen LogP contribution in [0.2, 0.25) is 0 Å². The van der Waals surface area contributed by atoms with E-state index in [4.69, 9.17) is 9.15 Å². The number of hydrogen-bond acceptors (Lipinski definition) is 6. The first-order valence-corrected chi connectivity index (χ1v) is 10.2. The first-order valence-electron chi connectivity index (χ1n) is 10.2. The van der Waals surface area contributed by atoms with E-state index in [1.807, 2.05) is 41.0 Å². The summed E-state index contributed by atoms with van der Waals surface area (Å²) in [4.78, 5) is 4.77. The zero-order valence-corrected chi connectivity index (χ0v) is 17.2. The smallest absolute Gasteiger partial charge is 0.126 e. The number of furan rings is 1. The van der Waals surface area contributed by atoms with Crippen LogP contribution in [0.25, 0.3) is 16.6 Å². The van der Waals surface area contributed by atoms with E-state index in [1.54, 1.807) is 13.4 Å². The van der Waals surface area contributed by atoms with Gasteiger partial charge in [-0.2, -0.15) is 0 Å². The zero-order valence-electron chi connectivity index (χ0n) is 17.2. The highest BCUT2D eigenvalue weighted by molar-refractivity contribution is 5.71. The van der Waals surface area contributed by atoms with E-state index in [0.717, 1.165) is 60.0 Å². The topological polar surface area (TPSA) is 59.0 Å². The number of pyridine rings is 1. The summed E-state index contributed by atoms with van der Waals surface area (Å²) in [6, 6.07) is 16.4. The lowest BCUT2D eigenvalue weighted by Crippen LogP contribution is -2.46. The molecule has 7 nitrogen and oxygen atoms in total. The molecule has 4 heterocycles. The van der Waals surface area contributed by atoms with Crippen molar-refractivity contribution < 1.29 is 9.15 Å². The molecule has 0 aliphatic carbocycles. The molecule has 0 unspecified atom stereocenters. The second-order valence-corrected chi connectivity index (χ2v) is 7.73. The molecule has 1 aliphatic rings. The van der Waals surface area contributed by atoms with Crippen LogP contribution in [0.1, 0.15) is 17.5 Å². The first kappa shape index (κ1) is 18.8. The Kier molecular flexibility index (Phi) is 4.98. The maximum absolute atomic E-state index is 5.54. The fourth-order valence-electron chi connectivity index (χ4n) is 4.19. The van der Waals surface area contributed by atoms with Crippen LogP contribution in [-0.4, -0.2) is 58.4 Å². The Morgan fingerprint density at radius 3 is 2.83 bits per heavy atom. The Bertz CT molecular complexity index is 1140. The van der Waals surface area contributed by atoms with Crippen LogP contribution < -0.4 is 4.74 Å². The van der Waals surface area contributed by atoms with Crippen molar-refractivity contribution in [3.8, 4) is 16.9 Å². The number of nitrogens with zero attached hydrogens (tertiary/aromatic N) is 5. The molecule has 0 radical (unpaired) electrons. The van der Waals surface area contributed by atoms with Crippen LogP contribution >= 0.6 is 0 Å². The molecule has 1 saturated heterocycles. The van der Waals surface area contributed by atoms with Crippen LogP contribution in [0.15, 0.2) is 65.4 Å². The predicted molar refractivity (Wildman–Crippen MR) is 114 cm³/mol. The third kappa shape index (κ3) is 3.46. The van der Waals surface area contributed by atoms with Gasteiger partial charge in [-0.25, -0.2) is 4.52 Å². The monoisotopic (exact) mass is 403 g/mol. The summed E-state index contributed by atoms with van der Waals surface area (Å²) < 4.78 is 12.9. The number of aromatic nitrogens is 3. The Labute approximate surface area is 175 Å². The summed E-state index contributed by atoms with van der Waals surface area (Å²) in [5.41, 5.74) is 4.13. The molecule has 1 fully saturated rings. The van der Waals surface area contributed by atoms with E-state index in [1.165, 1.54) is 0 Å². The minimum Gasteiger partial charge on any atom is -0.496 e. The van der Waals surface area contributed by atoms with Crippen LogP contribution in [0.4, 0.5) is 0 Å². The molecule has 3 aromatic heterocycles. The predicted octanol–water partition coefficient (Wildman–Crippen LogP) is 3.49. The first-order chi connectivity index (χ1) is 14.7. The number of hydrogen-bond donors (Lipinski definition) is 0. The molecule has 1 aliphatic heterocycles. The molecule has 7 heteroatoms. The number of fused-ring (bicyclic) bond motifs is 1. The zero-order chi connectivity index (χ0) is 20.5. The molecule has 0 amide bonds. The Morgan fingerprint density at radius 1 is 1.10 bits per heavy atom. The molecule has 30 heavy (non-hydrogen) atoms. The fourth-order valence-corrected chi connectivity index (χ4v) is 4.19. The van der Waals surface area contributed by atoms with E-state index in [-0.39, 0.29) is 6.04 Å². The number of benzene rings is 1. The Morgan fingerprint density at radius 2 is 2.00 bits per heavy atom. The van der Waals surface area contributed by atoms with Gasteiger partial charge >= 0.3 is 0 Å². The van der Waals surface area contributed by atoms with Gasteiger partial charge in [-0.3, -0.25) is 9.80 Å². The van der Waals surface area contributed by atoms with Gasteiger partial charge in [0, 0.05) is 37.0 Å². The summed E-state index contributed by atoms with van der Waals surface area (Å²) in [5, 5.41) is 9.00. The van der Waals surface area contributed by atoms with Gasteiger partial charge in [-0.05, 0) is 31.3 Å². The summed E-state index contributed by atoms with van der Waals surface area (Å²) in [6.45, 7) is 3.68. The van der Waals surface area contributed by atoms with E-state index < -0.39 is 0 Å². The maximum atomic E-state index is 5.54. The quantitative estimate of drug-likeness (QED) is 0.508. The molecule has 0 spiro atoms. The SMILES string of the molecule is COc1ccccc1-c1ccc2c([C@@H]3CN(Cc4ccco4)CCN3C)nnn2c1. The molecular weight excluding hydrogens is 378 g/mol. The van der Waals surface area contributed by atoms with Gasteiger partial charge < -0.3 is 9.15 Å². The van der Waals surface area contributed by atoms with E-state index in [2.05, 4.69) is 45.4 Å². The Balaban J connectivity index is 1.44. The second kappa shape index (κ2) is 7.93. The molecule has 154 valence electrons. The summed E-state index contributed by atoms with van der Waals surface area (Å²) in [7, 11) is 3.85. The average Bonchev–Trinajstić information content (AvgIpc) is 3.44. The highest BCUT2D eigenvalue weighted by Gasteiger charge is 2.29. The Hall–Kier alpha value is -3.16. The van der Waals surface area contributed by atoms with Crippen LogP contribution in [0, 0.1) is 0 Å². The van der Waals surface area contributed by atoms with Gasteiger partial charge in [0.05, 0.1) is 31.5 Å². The largest absolute Gasteiger partial charge is 0.496 e. The molecule has 1 atom stereocenters. The summed E-state index contributed by atoms with van der Waals surface area (Å²) >= 11 is 0. The minimum atomic E-state index is 0.184. The van der Waals surface area contributed by atoms with Crippen LogP contribution in [0.5, 0.6) is 5.75 Å². The third-order valence-corrected chi connectivity index (χ3v) is 5.87. The highest BCUT2D eigenvalue weighted by Crippen LogP contribution is 2.31. The normalized spacial score (nSPS) is 18.1. The lowest BCUT2D eigenvalue weighted by atomic mass is 10.0. The standard InChI is InChI=1S/C23H25N5O2/c1-26-11-12-27(15-18-6-5-13-30-18)16-21(26)23-20-10-9-17(14-28(20)25-24-23)19-7-3-4-8-22(19)29-2/h3-10,13-14,21H,11-12,15-16H2,1-2H3/t21-/m0/s1. The van der Waals surface area contributed by atoms with Crippen LogP contribution in [-0.2, 0) is 6.54 Å². The molecular formula is C23H25N5O2. The minimum absolute atomic E-state index is 0.184. The molecule has 0 bridgehead atoms. The highest BCUT2D eigenvalue weighted by atomic mass is 16.5. The van der Waals surface area contributed by atoms with Crippen molar-refractivity contribution in [1.29, 1.82) is 0 Å². The van der Waals surface area contributed by atoms with Crippen molar-refractivity contribution in [3.05, 3.63) is 72.4 Å². The fraction of sp³-hybridized carbons (Fsp3) is 0.304. The number of rotatable bonds is 5. The number of likely N-dealkylation sites (N-methyl/N-ethyl adjacent to an activating group) is 1. The van der Waals surface area contributed by atoms with Gasteiger partial charge in [0.15, 0.2) is 0 Å². The average molecular weight is 403 g/mol. The number of piperazine rings is 1. The van der Waals surface area contributed by atoms with Crippen molar-refractivity contribution in [2.45, 2.75) is 12.6 Å². The van der Waals surface area contributed by atoms with E-state index >= 15 is 0 Å². The van der Waals surface area contributed by atoms with Gasteiger partial charge in [0.25, 0.3) is 0 Å². The lowest BCUT2D eigenvalue weighted by molar-refractivity contribution is 0.0840. The third-order valence-electron chi connectivity index (χ3n) is 5.87. The van der Waals surface area contributed by atoms with Gasteiger partial charge in [0.1, 0.15) is 17.2 Å². The van der Waals surface area contributed by atoms with Gasteiger partial charge in [0.2, 0.25) is 0 Å². The second-order valence-electron chi connectivity index (χ2n) is 7.73. The molecule has 4 aromatic rings. The van der Waals surface area contributed by atoms with Gasteiger partial charge in [-0.15, -0.1) is 5.10 Å². The maximum Gasteiger partial charge on any atom is 0.126 e. The van der Waals surface area contributed by atoms with Crippen molar-refractivity contribution in [3.63, 3.8) is 0 Å². The van der Waals surface area contributed by atoms with Crippen LogP contribution in [0.3, 0.4) is 0 Å². The summed E-state index contributed by atoms with van der Waals surface area (Å²) in [6.07, 6.45) is 3.75. The molecule has 0 saturated carbocycles. The van der Waals surface area contributed by atoms with Crippen molar-refractivity contribution in [2.75, 3.05) is 33.8 Å². The molecule has 0 N–H and O–H groups in total. The number of ether oxygens (including phenoxy) is 1. The van der Waals surface area contributed by atoms with E-state index in [9.17, 15) is 0 Å². The van der Waals surface area contributed by atoms with Gasteiger partial charge in [-0.1, -0.05) is 29.5 Å². The number of methoxy groups -OCH3 is 1. The number of para-hydroxylation sites is 1.